The Morgan fingerprint density at radius 3 is 2.67 bits per heavy atom. The Labute approximate surface area is 116 Å². The van der Waals surface area contributed by atoms with Gasteiger partial charge in [0.25, 0.3) is 0 Å². The maximum Gasteiger partial charge on any atom is 0.0168 e. The number of hydrogen-bond donors (Lipinski definition) is 1. The molecule has 0 spiro atoms. The van der Waals surface area contributed by atoms with E-state index in [9.17, 15) is 0 Å². The van der Waals surface area contributed by atoms with Crippen LogP contribution in [0.3, 0.4) is 0 Å². The molecule has 1 fully saturated rings. The Hall–Kier alpha value is -0.470. The lowest BCUT2D eigenvalue weighted by molar-refractivity contribution is 0.365. The van der Waals surface area contributed by atoms with Crippen LogP contribution in [-0.4, -0.2) is 23.6 Å². The summed E-state index contributed by atoms with van der Waals surface area (Å²) in [6.45, 7) is 7.03. The Kier molecular flexibility index (Phi) is 4.74. The van der Waals surface area contributed by atoms with Crippen molar-refractivity contribution < 1.29 is 0 Å². The van der Waals surface area contributed by atoms with Crippen LogP contribution in [0, 0.1) is 0 Å². The molecular formula is C16H25NS. The van der Waals surface area contributed by atoms with Crippen LogP contribution in [0.1, 0.15) is 39.2 Å². The molecule has 0 saturated carbocycles. The standard InChI is InChI=1S/C16H25NS/c1-13(17-15-9-10-18-12-15)11-16(2,3)14-7-5-4-6-8-14/h4-8,13,15,17H,9-12H2,1-3H3. The summed E-state index contributed by atoms with van der Waals surface area (Å²) >= 11 is 2.08. The van der Waals surface area contributed by atoms with E-state index >= 15 is 0 Å². The summed E-state index contributed by atoms with van der Waals surface area (Å²) in [6.07, 6.45) is 2.53. The van der Waals surface area contributed by atoms with Gasteiger partial charge in [-0.05, 0) is 36.5 Å². The number of hydrogen-bond acceptors (Lipinski definition) is 2. The Bertz CT molecular complexity index is 355. The van der Waals surface area contributed by atoms with Crippen LogP contribution in [0.2, 0.25) is 0 Å². The van der Waals surface area contributed by atoms with Gasteiger partial charge in [0.05, 0.1) is 0 Å². The van der Waals surface area contributed by atoms with E-state index in [4.69, 9.17) is 0 Å². The van der Waals surface area contributed by atoms with E-state index in [2.05, 4.69) is 68.2 Å². The average Bonchev–Trinajstić information content (AvgIpc) is 2.82. The predicted molar refractivity (Wildman–Crippen MR) is 82.4 cm³/mol. The van der Waals surface area contributed by atoms with E-state index in [0.29, 0.717) is 6.04 Å². The van der Waals surface area contributed by atoms with E-state index in [1.165, 1.54) is 29.9 Å². The Morgan fingerprint density at radius 2 is 2.06 bits per heavy atom. The average molecular weight is 263 g/mol. The second-order valence-electron chi connectivity index (χ2n) is 6.08. The van der Waals surface area contributed by atoms with E-state index in [1.54, 1.807) is 0 Å². The lowest BCUT2D eigenvalue weighted by Crippen LogP contribution is -2.40. The van der Waals surface area contributed by atoms with E-state index in [-0.39, 0.29) is 5.41 Å². The van der Waals surface area contributed by atoms with Crippen LogP contribution < -0.4 is 5.32 Å². The highest BCUT2D eigenvalue weighted by atomic mass is 32.2. The fraction of sp³-hybridized carbons (Fsp3) is 0.625. The highest BCUT2D eigenvalue weighted by Crippen LogP contribution is 2.28. The fourth-order valence-electron chi connectivity index (χ4n) is 2.90. The van der Waals surface area contributed by atoms with Gasteiger partial charge in [0.2, 0.25) is 0 Å². The van der Waals surface area contributed by atoms with Gasteiger partial charge >= 0.3 is 0 Å². The first-order valence-corrected chi connectivity index (χ1v) is 8.13. The first-order chi connectivity index (χ1) is 8.58. The monoisotopic (exact) mass is 263 g/mol. The Balaban J connectivity index is 1.90. The van der Waals surface area contributed by atoms with Crippen molar-refractivity contribution >= 4 is 11.8 Å². The minimum absolute atomic E-state index is 0.249. The van der Waals surface area contributed by atoms with Crippen LogP contribution in [-0.2, 0) is 5.41 Å². The lowest BCUT2D eigenvalue weighted by Gasteiger charge is -2.30. The smallest absolute Gasteiger partial charge is 0.0168 e. The molecule has 2 heteroatoms. The molecule has 1 aliphatic rings. The summed E-state index contributed by atoms with van der Waals surface area (Å²) in [7, 11) is 0. The highest BCUT2D eigenvalue weighted by Gasteiger charge is 2.25. The molecule has 1 nitrogen and oxygen atoms in total. The van der Waals surface area contributed by atoms with Gasteiger partial charge in [-0.2, -0.15) is 11.8 Å². The van der Waals surface area contributed by atoms with Crippen molar-refractivity contribution in [3.8, 4) is 0 Å². The first-order valence-electron chi connectivity index (χ1n) is 6.97. The van der Waals surface area contributed by atoms with Crippen LogP contribution >= 0.6 is 11.8 Å². The summed E-state index contributed by atoms with van der Waals surface area (Å²) in [5.74, 6) is 2.61. The van der Waals surface area contributed by atoms with Crippen LogP contribution in [0.5, 0.6) is 0 Å². The minimum atomic E-state index is 0.249. The maximum absolute atomic E-state index is 3.78. The van der Waals surface area contributed by atoms with Crippen molar-refractivity contribution in [2.75, 3.05) is 11.5 Å². The molecule has 0 radical (unpaired) electrons. The third-order valence-electron chi connectivity index (χ3n) is 3.82. The number of thioether (sulfide) groups is 1. The molecule has 0 amide bonds. The Morgan fingerprint density at radius 1 is 1.33 bits per heavy atom. The molecule has 0 aromatic heterocycles. The van der Waals surface area contributed by atoms with Gasteiger partial charge < -0.3 is 5.32 Å². The molecule has 1 heterocycles. The van der Waals surface area contributed by atoms with Crippen molar-refractivity contribution in [2.24, 2.45) is 0 Å². The quantitative estimate of drug-likeness (QED) is 0.866. The topological polar surface area (TPSA) is 12.0 Å². The molecule has 18 heavy (non-hydrogen) atoms. The largest absolute Gasteiger partial charge is 0.311 e. The van der Waals surface area contributed by atoms with Crippen molar-refractivity contribution in [2.45, 2.75) is 51.1 Å². The molecule has 1 aromatic carbocycles. The zero-order valence-corrected chi connectivity index (χ0v) is 12.6. The summed E-state index contributed by atoms with van der Waals surface area (Å²) in [5, 5.41) is 3.78. The van der Waals surface area contributed by atoms with Gasteiger partial charge in [-0.1, -0.05) is 44.2 Å². The van der Waals surface area contributed by atoms with Gasteiger partial charge in [-0.25, -0.2) is 0 Å². The molecule has 1 aromatic rings. The van der Waals surface area contributed by atoms with Gasteiger partial charge in [0.15, 0.2) is 0 Å². The van der Waals surface area contributed by atoms with Gasteiger partial charge in [-0.3, -0.25) is 0 Å². The zero-order valence-electron chi connectivity index (χ0n) is 11.8. The minimum Gasteiger partial charge on any atom is -0.311 e. The number of benzene rings is 1. The molecule has 2 atom stereocenters. The predicted octanol–water partition coefficient (Wildman–Crippen LogP) is 3.84. The maximum atomic E-state index is 3.78. The second-order valence-corrected chi connectivity index (χ2v) is 7.23. The van der Waals surface area contributed by atoms with E-state index in [1.807, 2.05) is 0 Å². The molecule has 100 valence electrons. The SMILES string of the molecule is CC(CC(C)(C)c1ccccc1)NC1CCSC1. The van der Waals surface area contributed by atoms with Gasteiger partial charge in [-0.15, -0.1) is 0 Å². The molecule has 1 N–H and O–H groups in total. The lowest BCUT2D eigenvalue weighted by atomic mass is 9.79. The van der Waals surface area contributed by atoms with Crippen molar-refractivity contribution in [3.05, 3.63) is 35.9 Å². The molecule has 1 aliphatic heterocycles. The molecular weight excluding hydrogens is 238 g/mol. The van der Waals surface area contributed by atoms with Crippen LogP contribution in [0.4, 0.5) is 0 Å². The summed E-state index contributed by atoms with van der Waals surface area (Å²) in [4.78, 5) is 0. The van der Waals surface area contributed by atoms with Gasteiger partial charge in [0.1, 0.15) is 0 Å². The van der Waals surface area contributed by atoms with Crippen LogP contribution in [0.25, 0.3) is 0 Å². The summed E-state index contributed by atoms with van der Waals surface area (Å²) < 4.78 is 0. The molecule has 1 saturated heterocycles. The van der Waals surface area contributed by atoms with Crippen molar-refractivity contribution in [3.63, 3.8) is 0 Å². The summed E-state index contributed by atoms with van der Waals surface area (Å²) in [5.41, 5.74) is 1.69. The van der Waals surface area contributed by atoms with Crippen molar-refractivity contribution in [1.29, 1.82) is 0 Å². The van der Waals surface area contributed by atoms with E-state index in [0.717, 1.165) is 6.04 Å². The number of rotatable bonds is 5. The molecule has 0 aliphatic carbocycles. The number of nitrogens with one attached hydrogen (secondary N) is 1. The zero-order chi connectivity index (χ0) is 13.0. The van der Waals surface area contributed by atoms with E-state index < -0.39 is 0 Å². The highest BCUT2D eigenvalue weighted by molar-refractivity contribution is 7.99. The fourth-order valence-corrected chi connectivity index (χ4v) is 4.07. The molecule has 2 rings (SSSR count). The van der Waals surface area contributed by atoms with Gasteiger partial charge in [0, 0.05) is 17.8 Å². The molecule has 0 bridgehead atoms. The van der Waals surface area contributed by atoms with Crippen molar-refractivity contribution in [1.82, 2.24) is 5.32 Å². The molecule has 2 unspecified atom stereocenters. The third-order valence-corrected chi connectivity index (χ3v) is 4.98. The first kappa shape index (κ1) is 14.0. The second kappa shape index (κ2) is 6.12. The normalized spacial score (nSPS) is 22.1. The van der Waals surface area contributed by atoms with Crippen LogP contribution in [0.15, 0.2) is 30.3 Å². The third kappa shape index (κ3) is 3.76. The summed E-state index contributed by atoms with van der Waals surface area (Å²) in [6, 6.07) is 12.2.